The van der Waals surface area contributed by atoms with Crippen LogP contribution in [0.2, 0.25) is 5.31 Å². The van der Waals surface area contributed by atoms with Crippen LogP contribution in [0.25, 0.3) is 0 Å². The number of rotatable bonds is 0. The van der Waals surface area contributed by atoms with E-state index < -0.39 is 0 Å². The van der Waals surface area contributed by atoms with Crippen LogP contribution in [-0.4, -0.2) is 31.4 Å². The van der Waals surface area contributed by atoms with Crippen LogP contribution in [0.4, 0.5) is 0 Å². The lowest BCUT2D eigenvalue weighted by Crippen LogP contribution is -2.69. The molecule has 0 aromatic heterocycles. The Bertz CT molecular complexity index is 281. The highest BCUT2D eigenvalue weighted by Crippen LogP contribution is 2.69. The van der Waals surface area contributed by atoms with Crippen molar-refractivity contribution in [2.24, 2.45) is 10.8 Å². The highest BCUT2D eigenvalue weighted by Gasteiger charge is 2.61. The molecule has 2 aliphatic rings. The van der Waals surface area contributed by atoms with Gasteiger partial charge in [-0.25, -0.2) is 0 Å². The Hall–Kier alpha value is 0.0249. The summed E-state index contributed by atoms with van der Waals surface area (Å²) in [6.45, 7) is 16.9. The summed E-state index contributed by atoms with van der Waals surface area (Å²) >= 11 is 0. The molecule has 0 N–H and O–H groups in total. The van der Waals surface area contributed by atoms with Gasteiger partial charge in [0.15, 0.2) is 0 Å². The summed E-state index contributed by atoms with van der Waals surface area (Å²) in [7, 11) is 2.48. The molecule has 2 heteroatoms. The molecule has 92 valence electrons. The molecule has 0 atom stereocenters. The molecule has 2 fully saturated rings. The summed E-state index contributed by atoms with van der Waals surface area (Å²) in [5, 5.41) is 0.580. The van der Waals surface area contributed by atoms with Gasteiger partial charge in [-0.3, -0.25) is 4.90 Å². The molecule has 0 aromatic carbocycles. The molecule has 0 aromatic rings. The van der Waals surface area contributed by atoms with Crippen molar-refractivity contribution in [2.45, 2.75) is 65.2 Å². The van der Waals surface area contributed by atoms with Crippen molar-refractivity contribution in [1.29, 1.82) is 0 Å². The molecule has 0 amide bonds. The van der Waals surface area contributed by atoms with Gasteiger partial charge in [-0.15, -0.1) is 0 Å². The second-order valence-electron chi connectivity index (χ2n) is 8.69. The summed E-state index contributed by atoms with van der Waals surface area (Å²) in [5.41, 5.74) is 1.54. The maximum atomic E-state index is 2.63. The van der Waals surface area contributed by atoms with E-state index in [9.17, 15) is 0 Å². The lowest BCUT2D eigenvalue weighted by Gasteiger charge is -2.69. The van der Waals surface area contributed by atoms with Crippen LogP contribution < -0.4 is 0 Å². The minimum absolute atomic E-state index is 0.374. The third-order valence-corrected chi connectivity index (χ3v) is 5.34. The van der Waals surface area contributed by atoms with Crippen LogP contribution in [0, 0.1) is 10.8 Å². The molecule has 1 heterocycles. The minimum atomic E-state index is 0.374. The first-order chi connectivity index (χ1) is 6.98. The quantitative estimate of drug-likeness (QED) is 0.568. The maximum Gasteiger partial charge on any atom is 0.110 e. The third kappa shape index (κ3) is 1.74. The van der Waals surface area contributed by atoms with E-state index in [1.54, 1.807) is 0 Å². The van der Waals surface area contributed by atoms with Crippen molar-refractivity contribution in [3.05, 3.63) is 0 Å². The van der Waals surface area contributed by atoms with Gasteiger partial charge in [-0.1, -0.05) is 26.1 Å². The first kappa shape index (κ1) is 12.5. The minimum Gasteiger partial charge on any atom is -0.297 e. The molecule has 16 heavy (non-hydrogen) atoms. The fraction of sp³-hybridized carbons (Fsp3) is 1.00. The van der Waals surface area contributed by atoms with Gasteiger partial charge in [0.2, 0.25) is 0 Å². The highest BCUT2D eigenvalue weighted by molar-refractivity contribution is 6.16. The lowest BCUT2D eigenvalue weighted by molar-refractivity contribution is -0.143. The molecule has 0 unspecified atom stereocenters. The summed E-state index contributed by atoms with van der Waals surface area (Å²) in [5.74, 6) is 0. The number of nitrogens with zero attached hydrogens (tertiary/aromatic N) is 1. The van der Waals surface area contributed by atoms with Crippen molar-refractivity contribution in [2.75, 3.05) is 13.1 Å². The number of hydrogen-bond acceptors (Lipinski definition) is 1. The second-order valence-corrected chi connectivity index (χ2v) is 8.69. The van der Waals surface area contributed by atoms with Gasteiger partial charge >= 0.3 is 0 Å². The average molecular weight is 221 g/mol. The zero-order chi connectivity index (χ0) is 12.4. The normalized spacial score (nSPS) is 28.6. The fourth-order valence-corrected chi connectivity index (χ4v) is 3.60. The Morgan fingerprint density at radius 3 is 1.69 bits per heavy atom. The zero-order valence-electron chi connectivity index (χ0n) is 12.3. The monoisotopic (exact) mass is 221 g/mol. The molecular formula is C14H28BN. The largest absolute Gasteiger partial charge is 0.297 e. The van der Waals surface area contributed by atoms with Crippen LogP contribution in [-0.2, 0) is 0 Å². The Morgan fingerprint density at radius 1 is 0.938 bits per heavy atom. The molecule has 1 aliphatic carbocycles. The van der Waals surface area contributed by atoms with Gasteiger partial charge in [0, 0.05) is 18.6 Å². The Kier molecular flexibility index (Phi) is 2.40. The van der Waals surface area contributed by atoms with Crippen LogP contribution >= 0.6 is 0 Å². The second kappa shape index (κ2) is 3.07. The predicted octanol–water partition coefficient (Wildman–Crippen LogP) is 2.72. The van der Waals surface area contributed by atoms with Crippen LogP contribution in [0.3, 0.4) is 0 Å². The van der Waals surface area contributed by atoms with E-state index in [1.165, 1.54) is 25.9 Å². The molecule has 1 saturated heterocycles. The topological polar surface area (TPSA) is 3.24 Å². The van der Waals surface area contributed by atoms with Crippen molar-refractivity contribution >= 4 is 7.85 Å². The first-order valence-electron chi connectivity index (χ1n) is 6.73. The van der Waals surface area contributed by atoms with Crippen LogP contribution in [0.15, 0.2) is 0 Å². The van der Waals surface area contributed by atoms with Crippen LogP contribution in [0.1, 0.15) is 54.4 Å². The van der Waals surface area contributed by atoms with E-state index in [0.717, 1.165) is 0 Å². The predicted molar refractivity (Wildman–Crippen MR) is 73.7 cm³/mol. The highest BCUT2D eigenvalue weighted by atomic mass is 15.3. The van der Waals surface area contributed by atoms with E-state index in [1.807, 2.05) is 0 Å². The molecule has 1 aliphatic heterocycles. The van der Waals surface area contributed by atoms with E-state index in [4.69, 9.17) is 0 Å². The molecule has 1 nitrogen and oxygen atoms in total. The van der Waals surface area contributed by atoms with Gasteiger partial charge in [-0.05, 0) is 44.4 Å². The number of likely N-dealkylation sites (tertiary alicyclic amines) is 1. The Labute approximate surface area is 102 Å². The van der Waals surface area contributed by atoms with Gasteiger partial charge in [-0.2, -0.15) is 0 Å². The van der Waals surface area contributed by atoms with Crippen molar-refractivity contribution < 1.29 is 0 Å². The van der Waals surface area contributed by atoms with Crippen molar-refractivity contribution in [3.8, 4) is 0 Å². The summed E-state index contributed by atoms with van der Waals surface area (Å²) in [6, 6.07) is 0. The van der Waals surface area contributed by atoms with Gasteiger partial charge < -0.3 is 0 Å². The maximum absolute atomic E-state index is 2.63. The molecule has 1 saturated carbocycles. The van der Waals surface area contributed by atoms with E-state index >= 15 is 0 Å². The molecule has 2 rings (SSSR count). The Balaban J connectivity index is 1.92. The van der Waals surface area contributed by atoms with Crippen molar-refractivity contribution in [1.82, 2.24) is 4.90 Å². The Morgan fingerprint density at radius 2 is 1.38 bits per heavy atom. The summed E-state index contributed by atoms with van der Waals surface area (Å²) in [4.78, 5) is 2.63. The van der Waals surface area contributed by atoms with E-state index in [2.05, 4.69) is 54.3 Å². The van der Waals surface area contributed by atoms with Crippen molar-refractivity contribution in [3.63, 3.8) is 0 Å². The summed E-state index contributed by atoms with van der Waals surface area (Å²) < 4.78 is 0. The average Bonchev–Trinajstić information content (AvgIpc) is 1.88. The molecular weight excluding hydrogens is 193 g/mol. The smallest absolute Gasteiger partial charge is 0.110 e. The molecule has 0 radical (unpaired) electrons. The van der Waals surface area contributed by atoms with Gasteiger partial charge in [0.05, 0.1) is 0 Å². The van der Waals surface area contributed by atoms with Gasteiger partial charge in [0.25, 0.3) is 0 Å². The standard InChI is InChI=1S/C14H28BN/c1-11(2,3)14(15)7-13(8-14)9-16(10-13)12(4,5)6/h7-10,15H2,1-6H3. The molecule has 0 bridgehead atoms. The van der Waals surface area contributed by atoms with Crippen LogP contribution in [0.5, 0.6) is 0 Å². The lowest BCUT2D eigenvalue weighted by atomic mass is 9.35. The SMILES string of the molecule is BC1(C(C)(C)C)CC2(CN(C(C)(C)C)C2)C1. The first-order valence-corrected chi connectivity index (χ1v) is 6.73. The van der Waals surface area contributed by atoms with Gasteiger partial charge in [0.1, 0.15) is 7.85 Å². The molecule has 1 spiro atoms. The third-order valence-electron chi connectivity index (χ3n) is 5.34. The van der Waals surface area contributed by atoms with E-state index in [-0.39, 0.29) is 0 Å². The fourth-order valence-electron chi connectivity index (χ4n) is 3.60. The number of hydrogen-bond donors (Lipinski definition) is 0. The van der Waals surface area contributed by atoms with E-state index in [0.29, 0.717) is 21.7 Å². The zero-order valence-corrected chi connectivity index (χ0v) is 12.3. The summed E-state index contributed by atoms with van der Waals surface area (Å²) in [6.07, 6.45) is 2.88.